The molecule has 0 saturated carbocycles. The molecule has 0 atom stereocenters. The molecule has 1 aromatic heterocycles. The van der Waals surface area contributed by atoms with Crippen LogP contribution in [-0.4, -0.2) is 68.2 Å². The molecule has 1 saturated heterocycles. The van der Waals surface area contributed by atoms with Gasteiger partial charge in [-0.05, 0) is 13.0 Å². The molecule has 2 rings (SSSR count). The van der Waals surface area contributed by atoms with Crippen molar-refractivity contribution in [1.82, 2.24) is 20.2 Å². The SMILES string of the molecule is CN(C)c1cc(NCCCN2CCNCC2)ncn1. The van der Waals surface area contributed by atoms with Crippen molar-refractivity contribution in [3.05, 3.63) is 12.4 Å². The first-order chi connectivity index (χ1) is 9.25. The highest BCUT2D eigenvalue weighted by Crippen LogP contribution is 2.10. The van der Waals surface area contributed by atoms with E-state index < -0.39 is 0 Å². The van der Waals surface area contributed by atoms with E-state index in [0.717, 1.165) is 57.3 Å². The zero-order valence-corrected chi connectivity index (χ0v) is 11.9. The van der Waals surface area contributed by atoms with Crippen molar-refractivity contribution >= 4 is 11.6 Å². The zero-order chi connectivity index (χ0) is 13.5. The third-order valence-corrected chi connectivity index (χ3v) is 3.28. The number of piperazine rings is 1. The van der Waals surface area contributed by atoms with Gasteiger partial charge in [0.2, 0.25) is 0 Å². The molecule has 1 fully saturated rings. The zero-order valence-electron chi connectivity index (χ0n) is 11.9. The number of hydrogen-bond acceptors (Lipinski definition) is 6. The first-order valence-corrected chi connectivity index (χ1v) is 6.92. The maximum atomic E-state index is 4.23. The van der Waals surface area contributed by atoms with E-state index in [1.54, 1.807) is 6.33 Å². The Balaban J connectivity index is 1.68. The van der Waals surface area contributed by atoms with Crippen LogP contribution in [0.3, 0.4) is 0 Å². The molecule has 2 N–H and O–H groups in total. The van der Waals surface area contributed by atoms with Crippen LogP contribution in [0.5, 0.6) is 0 Å². The van der Waals surface area contributed by atoms with Gasteiger partial charge in [-0.3, -0.25) is 0 Å². The fourth-order valence-electron chi connectivity index (χ4n) is 2.14. The predicted octanol–water partition coefficient (Wildman–Crippen LogP) is 0.250. The average molecular weight is 264 g/mol. The minimum absolute atomic E-state index is 0.902. The fourth-order valence-corrected chi connectivity index (χ4v) is 2.14. The van der Waals surface area contributed by atoms with Crippen LogP contribution in [-0.2, 0) is 0 Å². The van der Waals surface area contributed by atoms with Gasteiger partial charge in [-0.25, -0.2) is 9.97 Å². The Morgan fingerprint density at radius 1 is 1.32 bits per heavy atom. The summed E-state index contributed by atoms with van der Waals surface area (Å²) < 4.78 is 0. The Hall–Kier alpha value is -1.40. The lowest BCUT2D eigenvalue weighted by Crippen LogP contribution is -2.44. The topological polar surface area (TPSA) is 56.3 Å². The average Bonchev–Trinajstić information content (AvgIpc) is 2.45. The number of hydrogen-bond donors (Lipinski definition) is 2. The van der Waals surface area contributed by atoms with Crippen LogP contribution in [0, 0.1) is 0 Å². The van der Waals surface area contributed by atoms with E-state index in [-0.39, 0.29) is 0 Å². The predicted molar refractivity (Wildman–Crippen MR) is 78.8 cm³/mol. The molecule has 1 aromatic rings. The van der Waals surface area contributed by atoms with Gasteiger partial charge in [0.25, 0.3) is 0 Å². The Bertz CT molecular complexity index is 375. The van der Waals surface area contributed by atoms with E-state index in [2.05, 4.69) is 25.5 Å². The van der Waals surface area contributed by atoms with E-state index in [1.165, 1.54) is 0 Å². The lowest BCUT2D eigenvalue weighted by atomic mass is 10.3. The molecule has 1 aliphatic heterocycles. The van der Waals surface area contributed by atoms with Gasteiger partial charge < -0.3 is 20.4 Å². The van der Waals surface area contributed by atoms with E-state index in [0.29, 0.717) is 0 Å². The van der Waals surface area contributed by atoms with Crippen LogP contribution in [0.1, 0.15) is 6.42 Å². The first-order valence-electron chi connectivity index (χ1n) is 6.92. The summed E-state index contributed by atoms with van der Waals surface area (Å²) in [6.45, 7) is 6.67. The van der Waals surface area contributed by atoms with Crippen molar-refractivity contribution in [2.24, 2.45) is 0 Å². The van der Waals surface area contributed by atoms with Crippen LogP contribution in [0.25, 0.3) is 0 Å². The molecule has 106 valence electrons. The maximum absolute atomic E-state index is 4.23. The minimum atomic E-state index is 0.902. The highest BCUT2D eigenvalue weighted by Gasteiger charge is 2.08. The molecule has 0 bridgehead atoms. The van der Waals surface area contributed by atoms with E-state index in [4.69, 9.17) is 0 Å². The smallest absolute Gasteiger partial charge is 0.133 e. The quantitative estimate of drug-likeness (QED) is 0.718. The van der Waals surface area contributed by atoms with E-state index in [1.807, 2.05) is 25.1 Å². The number of nitrogens with one attached hydrogen (secondary N) is 2. The molecule has 6 heteroatoms. The number of rotatable bonds is 6. The second-order valence-electron chi connectivity index (χ2n) is 5.03. The first kappa shape index (κ1) is 14.0. The van der Waals surface area contributed by atoms with Crippen molar-refractivity contribution in [3.63, 3.8) is 0 Å². The molecule has 0 spiro atoms. The molecule has 0 radical (unpaired) electrons. The minimum Gasteiger partial charge on any atom is -0.370 e. The van der Waals surface area contributed by atoms with Crippen molar-refractivity contribution in [3.8, 4) is 0 Å². The highest BCUT2D eigenvalue weighted by molar-refractivity contribution is 5.47. The normalized spacial score (nSPS) is 16.3. The lowest BCUT2D eigenvalue weighted by Gasteiger charge is -2.27. The monoisotopic (exact) mass is 264 g/mol. The van der Waals surface area contributed by atoms with Gasteiger partial charge in [-0.2, -0.15) is 0 Å². The summed E-state index contributed by atoms with van der Waals surface area (Å²) in [7, 11) is 3.97. The van der Waals surface area contributed by atoms with Gasteiger partial charge in [-0.15, -0.1) is 0 Å². The second-order valence-corrected chi connectivity index (χ2v) is 5.03. The summed E-state index contributed by atoms with van der Waals surface area (Å²) in [5, 5.41) is 6.73. The number of nitrogens with zero attached hydrogens (tertiary/aromatic N) is 4. The van der Waals surface area contributed by atoms with Crippen LogP contribution in [0.15, 0.2) is 12.4 Å². The van der Waals surface area contributed by atoms with Crippen molar-refractivity contribution < 1.29 is 0 Å². The van der Waals surface area contributed by atoms with Crippen LogP contribution in [0.4, 0.5) is 11.6 Å². The van der Waals surface area contributed by atoms with Crippen molar-refractivity contribution in [2.75, 3.05) is 63.6 Å². The Morgan fingerprint density at radius 2 is 2.11 bits per heavy atom. The molecule has 19 heavy (non-hydrogen) atoms. The van der Waals surface area contributed by atoms with Gasteiger partial charge in [0, 0.05) is 52.9 Å². The molecule has 6 nitrogen and oxygen atoms in total. The fraction of sp³-hybridized carbons (Fsp3) is 0.692. The molecule has 0 aliphatic carbocycles. The summed E-state index contributed by atoms with van der Waals surface area (Å²) in [6, 6.07) is 1.98. The van der Waals surface area contributed by atoms with E-state index in [9.17, 15) is 0 Å². The Kier molecular flexibility index (Phi) is 5.35. The summed E-state index contributed by atoms with van der Waals surface area (Å²) in [5.41, 5.74) is 0. The van der Waals surface area contributed by atoms with Crippen molar-refractivity contribution in [1.29, 1.82) is 0 Å². The lowest BCUT2D eigenvalue weighted by molar-refractivity contribution is 0.240. The highest BCUT2D eigenvalue weighted by atomic mass is 15.2. The summed E-state index contributed by atoms with van der Waals surface area (Å²) in [4.78, 5) is 12.9. The molecule has 2 heterocycles. The standard InChI is InChI=1S/C13H24N6/c1-18(2)13-10-12(16-11-17-13)15-4-3-7-19-8-5-14-6-9-19/h10-11,14H,3-9H2,1-2H3,(H,15,16,17). The van der Waals surface area contributed by atoms with Crippen LogP contribution >= 0.6 is 0 Å². The van der Waals surface area contributed by atoms with E-state index >= 15 is 0 Å². The van der Waals surface area contributed by atoms with Crippen LogP contribution < -0.4 is 15.5 Å². The number of anilines is 2. The van der Waals surface area contributed by atoms with Crippen LogP contribution in [0.2, 0.25) is 0 Å². The summed E-state index contributed by atoms with van der Waals surface area (Å²) >= 11 is 0. The Labute approximate surface area is 115 Å². The third kappa shape index (κ3) is 4.65. The second kappa shape index (κ2) is 7.25. The molecular formula is C13H24N6. The van der Waals surface area contributed by atoms with Gasteiger partial charge >= 0.3 is 0 Å². The van der Waals surface area contributed by atoms with Crippen molar-refractivity contribution in [2.45, 2.75) is 6.42 Å². The maximum Gasteiger partial charge on any atom is 0.133 e. The summed E-state index contributed by atoms with van der Waals surface area (Å²) in [5.74, 6) is 1.83. The molecule has 0 amide bonds. The Morgan fingerprint density at radius 3 is 2.84 bits per heavy atom. The molecule has 0 unspecified atom stereocenters. The largest absolute Gasteiger partial charge is 0.370 e. The third-order valence-electron chi connectivity index (χ3n) is 3.28. The molecule has 1 aliphatic rings. The molecular weight excluding hydrogens is 240 g/mol. The molecule has 0 aromatic carbocycles. The van der Waals surface area contributed by atoms with Gasteiger partial charge in [-0.1, -0.05) is 0 Å². The van der Waals surface area contributed by atoms with Gasteiger partial charge in [0.15, 0.2) is 0 Å². The summed E-state index contributed by atoms with van der Waals surface area (Å²) in [6.07, 6.45) is 2.75. The van der Waals surface area contributed by atoms with Gasteiger partial charge in [0.05, 0.1) is 0 Å². The number of aromatic nitrogens is 2. The van der Waals surface area contributed by atoms with Gasteiger partial charge in [0.1, 0.15) is 18.0 Å².